The van der Waals surface area contributed by atoms with E-state index in [0.29, 0.717) is 6.04 Å². The Morgan fingerprint density at radius 1 is 1.59 bits per heavy atom. The molecule has 2 heterocycles. The number of piperidine rings is 1. The Morgan fingerprint density at radius 2 is 2.41 bits per heavy atom. The topological polar surface area (TPSA) is 41.3 Å². The van der Waals surface area contributed by atoms with E-state index in [1.807, 2.05) is 4.68 Å². The largest absolute Gasteiger partial charge is 0.392 e. The molecule has 1 aromatic heterocycles. The first kappa shape index (κ1) is 12.6. The Morgan fingerprint density at radius 3 is 3.12 bits per heavy atom. The van der Waals surface area contributed by atoms with Crippen LogP contribution in [-0.4, -0.2) is 39.0 Å². The van der Waals surface area contributed by atoms with Crippen LogP contribution in [0.3, 0.4) is 0 Å². The second kappa shape index (κ2) is 5.65. The molecular weight excluding hydrogens is 214 g/mol. The molecule has 0 radical (unpaired) electrons. The zero-order valence-corrected chi connectivity index (χ0v) is 10.8. The van der Waals surface area contributed by atoms with E-state index >= 15 is 0 Å². The molecule has 1 N–H and O–H groups in total. The molecule has 1 fully saturated rings. The van der Waals surface area contributed by atoms with E-state index in [2.05, 4.69) is 36.1 Å². The highest BCUT2D eigenvalue weighted by molar-refractivity contribution is 5.00. The lowest BCUT2D eigenvalue weighted by molar-refractivity contribution is 0.0660. The standard InChI is InChI=1S/C13H23N3O/c1-3-11(2)16-8-6-12(14-16)9-15-7-4-5-13(17)10-15/h6,8,11,13,17H,3-5,7,9-10H2,1-2H3/t11?,13-/m0/s1. The van der Waals surface area contributed by atoms with Gasteiger partial charge in [0.1, 0.15) is 0 Å². The molecule has 1 aromatic rings. The van der Waals surface area contributed by atoms with Gasteiger partial charge in [-0.15, -0.1) is 0 Å². The van der Waals surface area contributed by atoms with Gasteiger partial charge >= 0.3 is 0 Å². The van der Waals surface area contributed by atoms with Crippen molar-refractivity contribution in [3.63, 3.8) is 0 Å². The molecule has 4 nitrogen and oxygen atoms in total. The number of hydrogen-bond donors (Lipinski definition) is 1. The Hall–Kier alpha value is -0.870. The van der Waals surface area contributed by atoms with Crippen LogP contribution in [-0.2, 0) is 6.54 Å². The summed E-state index contributed by atoms with van der Waals surface area (Å²) in [6.45, 7) is 7.08. The highest BCUT2D eigenvalue weighted by Gasteiger charge is 2.18. The Bertz CT molecular complexity index is 350. The SMILES string of the molecule is CCC(C)n1ccc(CN2CCC[C@H](O)C2)n1. The van der Waals surface area contributed by atoms with Gasteiger partial charge in [0.15, 0.2) is 0 Å². The van der Waals surface area contributed by atoms with Crippen LogP contribution in [0.5, 0.6) is 0 Å². The van der Waals surface area contributed by atoms with Crippen molar-refractivity contribution < 1.29 is 5.11 Å². The second-order valence-corrected chi connectivity index (χ2v) is 5.08. The van der Waals surface area contributed by atoms with Gasteiger partial charge < -0.3 is 5.11 Å². The van der Waals surface area contributed by atoms with Crippen molar-refractivity contribution >= 4 is 0 Å². The molecule has 0 bridgehead atoms. The predicted octanol–water partition coefficient (Wildman–Crippen LogP) is 1.81. The smallest absolute Gasteiger partial charge is 0.0764 e. The first-order chi connectivity index (χ1) is 8.19. The van der Waals surface area contributed by atoms with Gasteiger partial charge in [0.25, 0.3) is 0 Å². The minimum Gasteiger partial charge on any atom is -0.392 e. The molecule has 0 spiro atoms. The molecule has 96 valence electrons. The average Bonchev–Trinajstić information content (AvgIpc) is 2.76. The van der Waals surface area contributed by atoms with Crippen LogP contribution >= 0.6 is 0 Å². The summed E-state index contributed by atoms with van der Waals surface area (Å²) in [4.78, 5) is 2.29. The lowest BCUT2D eigenvalue weighted by Gasteiger charge is -2.29. The van der Waals surface area contributed by atoms with Crippen molar-refractivity contribution in [2.45, 2.75) is 51.8 Å². The number of hydrogen-bond acceptors (Lipinski definition) is 3. The second-order valence-electron chi connectivity index (χ2n) is 5.08. The van der Waals surface area contributed by atoms with E-state index in [0.717, 1.165) is 44.6 Å². The lowest BCUT2D eigenvalue weighted by atomic mass is 10.1. The molecule has 1 aliphatic rings. The molecule has 4 heteroatoms. The number of nitrogens with zero attached hydrogens (tertiary/aromatic N) is 3. The van der Waals surface area contributed by atoms with Gasteiger partial charge in [-0.3, -0.25) is 9.58 Å². The zero-order valence-electron chi connectivity index (χ0n) is 10.8. The third-order valence-corrected chi connectivity index (χ3v) is 3.57. The molecule has 0 amide bonds. The summed E-state index contributed by atoms with van der Waals surface area (Å²) >= 11 is 0. The zero-order chi connectivity index (χ0) is 12.3. The summed E-state index contributed by atoms with van der Waals surface area (Å²) in [6.07, 6.45) is 5.04. The van der Waals surface area contributed by atoms with Crippen molar-refractivity contribution in [2.24, 2.45) is 0 Å². The number of aromatic nitrogens is 2. The van der Waals surface area contributed by atoms with E-state index < -0.39 is 0 Å². The molecule has 1 unspecified atom stereocenters. The Balaban J connectivity index is 1.92. The third-order valence-electron chi connectivity index (χ3n) is 3.57. The van der Waals surface area contributed by atoms with Crippen molar-refractivity contribution in [3.05, 3.63) is 18.0 Å². The van der Waals surface area contributed by atoms with E-state index in [4.69, 9.17) is 0 Å². The first-order valence-electron chi connectivity index (χ1n) is 6.63. The molecule has 0 saturated carbocycles. The van der Waals surface area contributed by atoms with Crippen LogP contribution in [0.25, 0.3) is 0 Å². The molecule has 2 atom stereocenters. The fraction of sp³-hybridized carbons (Fsp3) is 0.769. The van der Waals surface area contributed by atoms with Crippen molar-refractivity contribution in [1.29, 1.82) is 0 Å². The lowest BCUT2D eigenvalue weighted by Crippen LogP contribution is -2.37. The van der Waals surface area contributed by atoms with E-state index in [1.165, 1.54) is 0 Å². The van der Waals surface area contributed by atoms with Gasteiger partial charge in [-0.25, -0.2) is 0 Å². The molecule has 17 heavy (non-hydrogen) atoms. The Kier molecular flexibility index (Phi) is 4.18. The number of aliphatic hydroxyl groups is 1. The summed E-state index contributed by atoms with van der Waals surface area (Å²) in [5.74, 6) is 0. The van der Waals surface area contributed by atoms with Gasteiger partial charge in [-0.05, 0) is 38.8 Å². The quantitative estimate of drug-likeness (QED) is 0.868. The minimum absolute atomic E-state index is 0.152. The minimum atomic E-state index is -0.152. The number of aliphatic hydroxyl groups excluding tert-OH is 1. The van der Waals surface area contributed by atoms with Crippen LogP contribution in [0.15, 0.2) is 12.3 Å². The predicted molar refractivity (Wildman–Crippen MR) is 67.7 cm³/mol. The molecular formula is C13H23N3O. The monoisotopic (exact) mass is 237 g/mol. The number of β-amino-alcohol motifs (C(OH)–C–C–N with tert-alkyl or cyclic N) is 1. The molecule has 0 aromatic carbocycles. The highest BCUT2D eigenvalue weighted by atomic mass is 16.3. The van der Waals surface area contributed by atoms with Gasteiger partial charge in [-0.2, -0.15) is 5.10 Å². The summed E-state index contributed by atoms with van der Waals surface area (Å²) in [5, 5.41) is 14.2. The van der Waals surface area contributed by atoms with E-state index in [9.17, 15) is 5.11 Å². The van der Waals surface area contributed by atoms with Gasteiger partial charge in [0, 0.05) is 25.3 Å². The van der Waals surface area contributed by atoms with Gasteiger partial charge in [0.2, 0.25) is 0 Å². The summed E-state index contributed by atoms with van der Waals surface area (Å²) in [5.41, 5.74) is 1.11. The maximum atomic E-state index is 9.62. The van der Waals surface area contributed by atoms with Crippen molar-refractivity contribution in [2.75, 3.05) is 13.1 Å². The number of likely N-dealkylation sites (tertiary alicyclic amines) is 1. The van der Waals surface area contributed by atoms with E-state index in [-0.39, 0.29) is 6.10 Å². The van der Waals surface area contributed by atoms with Crippen LogP contribution in [0.4, 0.5) is 0 Å². The number of rotatable bonds is 4. The normalized spacial score (nSPS) is 23.8. The first-order valence-corrected chi connectivity index (χ1v) is 6.63. The summed E-state index contributed by atoms with van der Waals surface area (Å²) in [7, 11) is 0. The molecule has 2 rings (SSSR count). The fourth-order valence-corrected chi connectivity index (χ4v) is 2.30. The van der Waals surface area contributed by atoms with Crippen LogP contribution in [0, 0.1) is 0 Å². The van der Waals surface area contributed by atoms with Crippen molar-refractivity contribution in [3.8, 4) is 0 Å². The maximum absolute atomic E-state index is 9.62. The molecule has 1 aliphatic heterocycles. The van der Waals surface area contributed by atoms with Gasteiger partial charge in [0.05, 0.1) is 11.8 Å². The molecule has 0 aliphatic carbocycles. The van der Waals surface area contributed by atoms with Gasteiger partial charge in [-0.1, -0.05) is 6.92 Å². The third kappa shape index (κ3) is 3.30. The molecule has 1 saturated heterocycles. The Labute approximate surface area is 103 Å². The van der Waals surface area contributed by atoms with Crippen LogP contribution in [0.1, 0.15) is 44.8 Å². The fourth-order valence-electron chi connectivity index (χ4n) is 2.30. The van der Waals surface area contributed by atoms with Crippen LogP contribution in [0.2, 0.25) is 0 Å². The average molecular weight is 237 g/mol. The van der Waals surface area contributed by atoms with Crippen molar-refractivity contribution in [1.82, 2.24) is 14.7 Å². The van der Waals surface area contributed by atoms with E-state index in [1.54, 1.807) is 0 Å². The summed E-state index contributed by atoms with van der Waals surface area (Å²) < 4.78 is 2.04. The summed E-state index contributed by atoms with van der Waals surface area (Å²) in [6, 6.07) is 2.56. The van der Waals surface area contributed by atoms with Crippen LogP contribution < -0.4 is 0 Å². The maximum Gasteiger partial charge on any atom is 0.0764 e. The highest BCUT2D eigenvalue weighted by Crippen LogP contribution is 2.14.